The Hall–Kier alpha value is -1.77. The summed E-state index contributed by atoms with van der Waals surface area (Å²) in [6.07, 6.45) is 8.89. The Morgan fingerprint density at radius 2 is 1.95 bits per heavy atom. The molecule has 0 radical (unpaired) electrons. The number of benzene rings is 1. The van der Waals surface area contributed by atoms with Crippen LogP contribution < -0.4 is 0 Å². The molecule has 3 rings (SSSR count). The summed E-state index contributed by atoms with van der Waals surface area (Å²) in [5.41, 5.74) is 1.21. The van der Waals surface area contributed by atoms with Gasteiger partial charge in [-0.2, -0.15) is 0 Å². The third kappa shape index (κ3) is 3.12. The minimum atomic E-state index is 0.277. The zero-order valence-electron chi connectivity index (χ0n) is 12.8. The molecular formula is C18H24N2O. The Morgan fingerprint density at radius 1 is 1.19 bits per heavy atom. The van der Waals surface area contributed by atoms with Crippen LogP contribution in [0.25, 0.3) is 10.9 Å². The molecule has 1 aromatic heterocycles. The summed E-state index contributed by atoms with van der Waals surface area (Å²) in [4.78, 5) is 14.4. The zero-order chi connectivity index (χ0) is 14.7. The number of para-hydroxylation sites is 1. The highest BCUT2D eigenvalue weighted by molar-refractivity contribution is 5.80. The Labute approximate surface area is 126 Å². The predicted molar refractivity (Wildman–Crippen MR) is 86.2 cm³/mol. The van der Waals surface area contributed by atoms with E-state index in [-0.39, 0.29) is 5.91 Å². The first-order valence-corrected chi connectivity index (χ1v) is 8.05. The molecule has 0 atom stereocenters. The maximum absolute atomic E-state index is 12.4. The van der Waals surface area contributed by atoms with Gasteiger partial charge in [0.15, 0.2) is 0 Å². The average molecular weight is 284 g/mol. The highest BCUT2D eigenvalue weighted by atomic mass is 16.2. The van der Waals surface area contributed by atoms with Gasteiger partial charge in [-0.25, -0.2) is 0 Å². The largest absolute Gasteiger partial charge is 0.347 e. The number of carbonyl (C=O) groups is 1. The summed E-state index contributed by atoms with van der Waals surface area (Å²) in [7, 11) is 1.98. The number of aryl methyl sites for hydroxylation is 1. The topological polar surface area (TPSA) is 25.2 Å². The molecule has 0 N–H and O–H groups in total. The van der Waals surface area contributed by atoms with E-state index in [1.807, 2.05) is 11.9 Å². The van der Waals surface area contributed by atoms with E-state index >= 15 is 0 Å². The van der Waals surface area contributed by atoms with Crippen LogP contribution in [0.2, 0.25) is 0 Å². The quantitative estimate of drug-likeness (QED) is 0.838. The van der Waals surface area contributed by atoms with Gasteiger partial charge < -0.3 is 9.47 Å². The molecule has 1 heterocycles. The standard InChI is InChI=1S/C18H24N2O/c1-19(16-8-3-2-4-9-16)18(21)12-14-20-13-11-15-7-5-6-10-17(15)20/h5-7,10-11,13,16H,2-4,8-9,12,14H2,1H3. The molecule has 0 spiro atoms. The van der Waals surface area contributed by atoms with E-state index in [4.69, 9.17) is 0 Å². The van der Waals surface area contributed by atoms with Crippen molar-refractivity contribution < 1.29 is 4.79 Å². The summed E-state index contributed by atoms with van der Waals surface area (Å²) in [5.74, 6) is 0.277. The van der Waals surface area contributed by atoms with Crippen LogP contribution in [0, 0.1) is 0 Å². The number of hydrogen-bond acceptors (Lipinski definition) is 1. The molecule has 0 bridgehead atoms. The van der Waals surface area contributed by atoms with Crippen LogP contribution in [0.4, 0.5) is 0 Å². The van der Waals surface area contributed by atoms with E-state index in [1.54, 1.807) is 0 Å². The van der Waals surface area contributed by atoms with Crippen molar-refractivity contribution in [1.82, 2.24) is 9.47 Å². The lowest BCUT2D eigenvalue weighted by atomic mass is 9.94. The second-order valence-electron chi connectivity index (χ2n) is 6.11. The van der Waals surface area contributed by atoms with Gasteiger partial charge >= 0.3 is 0 Å². The number of aromatic nitrogens is 1. The van der Waals surface area contributed by atoms with E-state index in [0.29, 0.717) is 12.5 Å². The van der Waals surface area contributed by atoms with Gasteiger partial charge in [-0.1, -0.05) is 37.5 Å². The van der Waals surface area contributed by atoms with E-state index in [2.05, 4.69) is 41.1 Å². The molecule has 0 saturated heterocycles. The lowest BCUT2D eigenvalue weighted by Gasteiger charge is -2.31. The summed E-state index contributed by atoms with van der Waals surface area (Å²) in [6.45, 7) is 0.767. The van der Waals surface area contributed by atoms with Crippen molar-refractivity contribution in [3.8, 4) is 0 Å². The molecule has 1 aliphatic carbocycles. The van der Waals surface area contributed by atoms with Gasteiger partial charge in [0.05, 0.1) is 0 Å². The van der Waals surface area contributed by atoms with Gasteiger partial charge in [0.1, 0.15) is 0 Å². The maximum atomic E-state index is 12.4. The molecule has 1 amide bonds. The lowest BCUT2D eigenvalue weighted by Crippen LogP contribution is -2.38. The van der Waals surface area contributed by atoms with Crippen molar-refractivity contribution in [2.24, 2.45) is 0 Å². The van der Waals surface area contributed by atoms with Gasteiger partial charge in [0.25, 0.3) is 0 Å². The minimum absolute atomic E-state index is 0.277. The second-order valence-corrected chi connectivity index (χ2v) is 6.11. The number of fused-ring (bicyclic) bond motifs is 1. The lowest BCUT2D eigenvalue weighted by molar-refractivity contribution is -0.132. The molecule has 1 aromatic carbocycles. The average Bonchev–Trinajstić information content (AvgIpc) is 2.96. The smallest absolute Gasteiger partial charge is 0.224 e. The first-order valence-electron chi connectivity index (χ1n) is 8.05. The van der Waals surface area contributed by atoms with Crippen LogP contribution in [0.3, 0.4) is 0 Å². The maximum Gasteiger partial charge on any atom is 0.224 e. The van der Waals surface area contributed by atoms with Gasteiger partial charge in [-0.05, 0) is 30.4 Å². The molecule has 0 unspecified atom stereocenters. The molecule has 21 heavy (non-hydrogen) atoms. The van der Waals surface area contributed by atoms with E-state index in [9.17, 15) is 4.79 Å². The van der Waals surface area contributed by atoms with Crippen molar-refractivity contribution >= 4 is 16.8 Å². The number of hydrogen-bond donors (Lipinski definition) is 0. The Balaban J connectivity index is 1.60. The van der Waals surface area contributed by atoms with Crippen molar-refractivity contribution in [2.75, 3.05) is 7.05 Å². The van der Waals surface area contributed by atoms with Gasteiger partial charge in [-0.15, -0.1) is 0 Å². The van der Waals surface area contributed by atoms with Gasteiger partial charge in [0.2, 0.25) is 5.91 Å². The van der Waals surface area contributed by atoms with Crippen molar-refractivity contribution in [3.63, 3.8) is 0 Å². The second kappa shape index (κ2) is 6.33. The van der Waals surface area contributed by atoms with Gasteiger partial charge in [0, 0.05) is 37.8 Å². The normalized spacial score (nSPS) is 16.2. The van der Waals surface area contributed by atoms with Crippen LogP contribution in [-0.4, -0.2) is 28.5 Å². The molecule has 2 aromatic rings. The van der Waals surface area contributed by atoms with Crippen LogP contribution in [0.15, 0.2) is 36.5 Å². The van der Waals surface area contributed by atoms with Crippen LogP contribution in [0.5, 0.6) is 0 Å². The number of rotatable bonds is 4. The zero-order valence-corrected chi connectivity index (χ0v) is 12.8. The molecule has 3 nitrogen and oxygen atoms in total. The molecule has 3 heteroatoms. The van der Waals surface area contributed by atoms with Crippen molar-refractivity contribution in [2.45, 2.75) is 51.1 Å². The molecule has 112 valence electrons. The molecular weight excluding hydrogens is 260 g/mol. The first kappa shape index (κ1) is 14.2. The fraction of sp³-hybridized carbons (Fsp3) is 0.500. The SMILES string of the molecule is CN(C(=O)CCn1ccc2ccccc21)C1CCCCC1. The van der Waals surface area contributed by atoms with Gasteiger partial charge in [-0.3, -0.25) is 4.79 Å². The first-order chi connectivity index (χ1) is 10.3. The molecule has 0 aliphatic heterocycles. The Kier molecular flexibility index (Phi) is 4.28. The summed E-state index contributed by atoms with van der Waals surface area (Å²) in [5, 5.41) is 1.24. The van der Waals surface area contributed by atoms with Crippen molar-refractivity contribution in [3.05, 3.63) is 36.5 Å². The highest BCUT2D eigenvalue weighted by Crippen LogP contribution is 2.22. The summed E-state index contributed by atoms with van der Waals surface area (Å²) >= 11 is 0. The van der Waals surface area contributed by atoms with E-state index in [1.165, 1.54) is 43.0 Å². The third-order valence-corrected chi connectivity index (χ3v) is 4.76. The van der Waals surface area contributed by atoms with Crippen LogP contribution in [0.1, 0.15) is 38.5 Å². The number of carbonyl (C=O) groups excluding carboxylic acids is 1. The predicted octanol–water partition coefficient (Wildman–Crippen LogP) is 3.82. The van der Waals surface area contributed by atoms with E-state index in [0.717, 1.165) is 6.54 Å². The number of nitrogens with zero attached hydrogens (tertiary/aromatic N) is 2. The van der Waals surface area contributed by atoms with Crippen LogP contribution in [-0.2, 0) is 11.3 Å². The summed E-state index contributed by atoms with van der Waals surface area (Å²) < 4.78 is 2.18. The minimum Gasteiger partial charge on any atom is -0.347 e. The highest BCUT2D eigenvalue weighted by Gasteiger charge is 2.21. The molecule has 1 saturated carbocycles. The Bertz CT molecular complexity index is 610. The number of amides is 1. The summed E-state index contributed by atoms with van der Waals surface area (Å²) in [6, 6.07) is 10.9. The van der Waals surface area contributed by atoms with Crippen molar-refractivity contribution in [1.29, 1.82) is 0 Å². The fourth-order valence-electron chi connectivity index (χ4n) is 3.40. The molecule has 1 aliphatic rings. The third-order valence-electron chi connectivity index (χ3n) is 4.76. The van der Waals surface area contributed by atoms with E-state index < -0.39 is 0 Å². The monoisotopic (exact) mass is 284 g/mol. The molecule has 1 fully saturated rings. The fourth-order valence-corrected chi connectivity index (χ4v) is 3.40. The Morgan fingerprint density at radius 3 is 2.76 bits per heavy atom. The van der Waals surface area contributed by atoms with Crippen LogP contribution >= 0.6 is 0 Å².